The lowest BCUT2D eigenvalue weighted by atomic mass is 10.1. The largest absolute Gasteiger partial charge is 0.352 e. The van der Waals surface area contributed by atoms with Crippen LogP contribution in [0.15, 0.2) is 66.7 Å². The van der Waals surface area contributed by atoms with Crippen molar-refractivity contribution in [3.05, 3.63) is 77.3 Å². The van der Waals surface area contributed by atoms with E-state index in [0.29, 0.717) is 16.1 Å². The third kappa shape index (κ3) is 6.77. The Morgan fingerprint density at radius 3 is 2.25 bits per heavy atom. The summed E-state index contributed by atoms with van der Waals surface area (Å²) >= 11 is 6.01. The number of carbonyl (C=O) groups is 2. The number of amides is 2. The molecule has 192 valence electrons. The lowest BCUT2D eigenvalue weighted by Gasteiger charge is -2.32. The number of nitrogens with one attached hydrogen (secondary N) is 1. The summed E-state index contributed by atoms with van der Waals surface area (Å²) in [5.41, 5.74) is 1.18. The topological polar surface area (TPSA) is 86.8 Å². The molecule has 0 fully saturated rings. The first-order chi connectivity index (χ1) is 17.0. The number of hydrogen-bond acceptors (Lipinski definition) is 4. The number of fused-ring (bicyclic) bond motifs is 1. The second-order valence-electron chi connectivity index (χ2n) is 8.91. The Morgan fingerprint density at radius 2 is 1.61 bits per heavy atom. The average Bonchev–Trinajstić information content (AvgIpc) is 2.85. The van der Waals surface area contributed by atoms with Gasteiger partial charge in [0.05, 0.1) is 11.9 Å². The highest BCUT2D eigenvalue weighted by Gasteiger charge is 2.31. The second-order valence-corrected chi connectivity index (χ2v) is 11.3. The Morgan fingerprint density at radius 1 is 0.972 bits per heavy atom. The molecule has 0 radical (unpaired) electrons. The minimum atomic E-state index is -3.82. The number of benzene rings is 3. The maximum absolute atomic E-state index is 13.7. The van der Waals surface area contributed by atoms with E-state index in [-0.39, 0.29) is 18.5 Å². The second kappa shape index (κ2) is 11.8. The molecule has 0 saturated heterocycles. The Bertz CT molecular complexity index is 1320. The van der Waals surface area contributed by atoms with Crippen LogP contribution in [0.5, 0.6) is 0 Å². The van der Waals surface area contributed by atoms with Crippen LogP contribution in [0.4, 0.5) is 5.69 Å². The summed E-state index contributed by atoms with van der Waals surface area (Å²) in [6, 6.07) is 18.8. The van der Waals surface area contributed by atoms with Crippen molar-refractivity contribution in [2.75, 3.05) is 17.1 Å². The van der Waals surface area contributed by atoms with Crippen molar-refractivity contribution in [1.82, 2.24) is 10.2 Å². The van der Waals surface area contributed by atoms with E-state index in [2.05, 4.69) is 5.32 Å². The van der Waals surface area contributed by atoms with Crippen molar-refractivity contribution in [3.63, 3.8) is 0 Å². The highest BCUT2D eigenvalue weighted by molar-refractivity contribution is 7.92. The molecule has 7 nitrogen and oxygen atoms in total. The molecule has 0 saturated carbocycles. The molecule has 36 heavy (non-hydrogen) atoms. The van der Waals surface area contributed by atoms with Crippen molar-refractivity contribution >= 4 is 49.9 Å². The fourth-order valence-electron chi connectivity index (χ4n) is 3.86. The van der Waals surface area contributed by atoms with E-state index in [1.807, 2.05) is 44.2 Å². The highest BCUT2D eigenvalue weighted by Crippen LogP contribution is 2.28. The van der Waals surface area contributed by atoms with Gasteiger partial charge in [0.2, 0.25) is 21.8 Å². The molecule has 2 atom stereocenters. The third-order valence-corrected chi connectivity index (χ3v) is 7.53. The zero-order valence-electron chi connectivity index (χ0n) is 20.9. The van der Waals surface area contributed by atoms with Crippen LogP contribution in [-0.2, 0) is 26.2 Å². The molecule has 3 rings (SSSR count). The molecular weight excluding hydrogens is 498 g/mol. The number of rotatable bonds is 10. The van der Waals surface area contributed by atoms with Crippen LogP contribution in [0, 0.1) is 0 Å². The van der Waals surface area contributed by atoms with Gasteiger partial charge < -0.3 is 10.2 Å². The standard InChI is InChI=1S/C27H32ClN3O4S/c1-5-19(2)29-27(33)20(3)30(17-21-13-15-23(28)16-14-21)26(32)18-31(36(4,34)35)25-12-8-10-22-9-6-7-11-24(22)25/h6-16,19-20H,5,17-18H2,1-4H3,(H,29,33)/t19-,20-/m0/s1. The summed E-state index contributed by atoms with van der Waals surface area (Å²) < 4.78 is 26.9. The molecule has 0 bridgehead atoms. The minimum Gasteiger partial charge on any atom is -0.352 e. The molecule has 9 heteroatoms. The van der Waals surface area contributed by atoms with Crippen molar-refractivity contribution in [1.29, 1.82) is 0 Å². The van der Waals surface area contributed by atoms with Crippen molar-refractivity contribution in [3.8, 4) is 0 Å². The van der Waals surface area contributed by atoms with Gasteiger partial charge in [-0.1, -0.05) is 67.1 Å². The Balaban J connectivity index is 1.98. The molecule has 0 aliphatic heterocycles. The van der Waals surface area contributed by atoms with E-state index in [1.54, 1.807) is 43.3 Å². The van der Waals surface area contributed by atoms with Gasteiger partial charge in [-0.3, -0.25) is 13.9 Å². The summed E-state index contributed by atoms with van der Waals surface area (Å²) in [7, 11) is -3.82. The zero-order valence-corrected chi connectivity index (χ0v) is 22.5. The van der Waals surface area contributed by atoms with Gasteiger partial charge >= 0.3 is 0 Å². The number of halogens is 1. The molecule has 1 N–H and O–H groups in total. The fourth-order valence-corrected chi connectivity index (χ4v) is 4.84. The van der Waals surface area contributed by atoms with Crippen molar-refractivity contribution in [2.45, 2.75) is 45.8 Å². The Labute approximate surface area is 218 Å². The maximum Gasteiger partial charge on any atom is 0.244 e. The summed E-state index contributed by atoms with van der Waals surface area (Å²) in [5.74, 6) is -0.794. The molecular formula is C27H32ClN3O4S. The van der Waals surface area contributed by atoms with Gasteiger partial charge in [0.15, 0.2) is 0 Å². The minimum absolute atomic E-state index is 0.0596. The molecule has 0 aromatic heterocycles. The quantitative estimate of drug-likeness (QED) is 0.416. The highest BCUT2D eigenvalue weighted by atomic mass is 35.5. The first kappa shape index (κ1) is 27.5. The smallest absolute Gasteiger partial charge is 0.244 e. The van der Waals surface area contributed by atoms with Gasteiger partial charge in [-0.05, 0) is 49.4 Å². The maximum atomic E-state index is 13.7. The van der Waals surface area contributed by atoms with Crippen LogP contribution in [0.2, 0.25) is 5.02 Å². The zero-order chi connectivity index (χ0) is 26.5. The molecule has 0 aliphatic carbocycles. The molecule has 0 unspecified atom stereocenters. The number of carbonyl (C=O) groups excluding carboxylic acids is 2. The molecule has 3 aromatic rings. The van der Waals surface area contributed by atoms with Crippen molar-refractivity contribution < 1.29 is 18.0 Å². The van der Waals surface area contributed by atoms with Gasteiger partial charge in [-0.25, -0.2) is 8.42 Å². The van der Waals surface area contributed by atoms with E-state index in [4.69, 9.17) is 11.6 Å². The fraction of sp³-hybridized carbons (Fsp3) is 0.333. The number of hydrogen-bond donors (Lipinski definition) is 1. The van der Waals surface area contributed by atoms with E-state index >= 15 is 0 Å². The van der Waals surface area contributed by atoms with E-state index in [0.717, 1.165) is 27.9 Å². The third-order valence-electron chi connectivity index (χ3n) is 6.15. The SMILES string of the molecule is CC[C@H](C)NC(=O)[C@H](C)N(Cc1ccc(Cl)cc1)C(=O)CN(c1cccc2ccccc12)S(C)(=O)=O. The number of nitrogens with zero attached hydrogens (tertiary/aromatic N) is 2. The first-order valence-corrected chi connectivity index (χ1v) is 14.0. The Hall–Kier alpha value is -3.10. The number of sulfonamides is 1. The number of anilines is 1. The van der Waals surface area contributed by atoms with E-state index < -0.39 is 28.5 Å². The van der Waals surface area contributed by atoms with E-state index in [1.165, 1.54) is 4.90 Å². The predicted molar refractivity (Wildman–Crippen MR) is 145 cm³/mol. The van der Waals surface area contributed by atoms with E-state index in [9.17, 15) is 18.0 Å². The summed E-state index contributed by atoms with van der Waals surface area (Å²) in [6.07, 6.45) is 1.82. The molecule has 0 heterocycles. The first-order valence-electron chi connectivity index (χ1n) is 11.8. The lowest BCUT2D eigenvalue weighted by molar-refractivity contribution is -0.139. The monoisotopic (exact) mass is 529 g/mol. The summed E-state index contributed by atoms with van der Waals surface area (Å²) in [6.45, 7) is 5.18. The predicted octanol–water partition coefficient (Wildman–Crippen LogP) is 4.59. The Kier molecular flexibility index (Phi) is 8.98. The van der Waals surface area contributed by atoms with Gasteiger partial charge in [0.1, 0.15) is 12.6 Å². The summed E-state index contributed by atoms with van der Waals surface area (Å²) in [5, 5.41) is 5.04. The van der Waals surface area contributed by atoms with Crippen LogP contribution < -0.4 is 9.62 Å². The lowest BCUT2D eigenvalue weighted by Crippen LogP contribution is -2.52. The van der Waals surface area contributed by atoms with Crippen LogP contribution in [-0.4, -0.2) is 50.0 Å². The molecule has 2 amide bonds. The van der Waals surface area contributed by atoms with Gasteiger partial charge in [-0.2, -0.15) is 0 Å². The molecule has 0 spiro atoms. The van der Waals surface area contributed by atoms with Crippen LogP contribution in [0.25, 0.3) is 10.8 Å². The summed E-state index contributed by atoms with van der Waals surface area (Å²) in [4.78, 5) is 28.1. The molecule has 3 aromatic carbocycles. The van der Waals surface area contributed by atoms with Crippen LogP contribution >= 0.6 is 11.6 Å². The van der Waals surface area contributed by atoms with Crippen LogP contribution in [0.3, 0.4) is 0 Å². The normalized spacial score (nSPS) is 13.1. The van der Waals surface area contributed by atoms with Gasteiger partial charge in [0, 0.05) is 23.0 Å². The van der Waals surface area contributed by atoms with Gasteiger partial charge in [0.25, 0.3) is 0 Å². The van der Waals surface area contributed by atoms with Crippen molar-refractivity contribution in [2.24, 2.45) is 0 Å². The van der Waals surface area contributed by atoms with Crippen LogP contribution in [0.1, 0.15) is 32.8 Å². The molecule has 0 aliphatic rings. The van der Waals surface area contributed by atoms with Gasteiger partial charge in [-0.15, -0.1) is 0 Å². The average molecular weight is 530 g/mol.